The van der Waals surface area contributed by atoms with Crippen molar-refractivity contribution in [1.29, 1.82) is 0 Å². The average molecular weight is 418 g/mol. The van der Waals surface area contributed by atoms with Crippen molar-refractivity contribution in [3.8, 4) is 11.1 Å². The minimum atomic E-state index is -0.411. The first-order valence-electron chi connectivity index (χ1n) is 10.4. The predicted molar refractivity (Wildman–Crippen MR) is 122 cm³/mol. The molecule has 0 radical (unpaired) electrons. The second kappa shape index (κ2) is 7.21. The van der Waals surface area contributed by atoms with Crippen LogP contribution in [0, 0.1) is 13.8 Å². The van der Waals surface area contributed by atoms with Crippen molar-refractivity contribution in [2.24, 2.45) is 0 Å². The van der Waals surface area contributed by atoms with Gasteiger partial charge in [-0.2, -0.15) is 0 Å². The van der Waals surface area contributed by atoms with E-state index in [1.807, 2.05) is 80.0 Å². The van der Waals surface area contributed by atoms with Gasteiger partial charge in [0.15, 0.2) is 0 Å². The van der Waals surface area contributed by atoms with Gasteiger partial charge in [0, 0.05) is 48.2 Å². The summed E-state index contributed by atoms with van der Waals surface area (Å²) in [5, 5.41) is 11.2. The van der Waals surface area contributed by atoms with Crippen LogP contribution in [-0.2, 0) is 0 Å². The molecule has 160 valence electrons. The first-order valence-corrected chi connectivity index (χ1v) is 10.4. The monoisotopic (exact) mass is 418 g/mol. The number of hydrogen-bond acceptors (Lipinski definition) is 6. The topological polar surface area (TPSA) is 74.2 Å². The van der Waals surface area contributed by atoms with E-state index in [9.17, 15) is 9.90 Å². The highest BCUT2D eigenvalue weighted by Crippen LogP contribution is 2.29. The maximum atomic E-state index is 12.8. The quantitative estimate of drug-likeness (QED) is 0.516. The number of benzene rings is 1. The van der Waals surface area contributed by atoms with E-state index >= 15 is 0 Å². The van der Waals surface area contributed by atoms with Gasteiger partial charge >= 0.3 is 5.63 Å². The summed E-state index contributed by atoms with van der Waals surface area (Å²) < 4.78 is 7.72. The van der Waals surface area contributed by atoms with Crippen molar-refractivity contribution in [2.75, 3.05) is 32.1 Å². The SMILES string of the molecule is Cc1cn2cc(-c3cc4ccc(N5C[C@@H](O)[C@H](N(C)C)C5)cc4oc3=O)cc2c(C)n1. The molecule has 31 heavy (non-hydrogen) atoms. The average Bonchev–Trinajstić information content (AvgIpc) is 3.31. The van der Waals surface area contributed by atoms with E-state index in [-0.39, 0.29) is 11.7 Å². The maximum Gasteiger partial charge on any atom is 0.344 e. The fourth-order valence-corrected chi connectivity index (χ4v) is 4.56. The van der Waals surface area contributed by atoms with Crippen LogP contribution in [0.4, 0.5) is 5.69 Å². The number of fused-ring (bicyclic) bond motifs is 2. The Balaban J connectivity index is 1.53. The van der Waals surface area contributed by atoms with Crippen molar-refractivity contribution in [3.63, 3.8) is 0 Å². The lowest BCUT2D eigenvalue weighted by Gasteiger charge is -2.22. The van der Waals surface area contributed by atoms with Crippen LogP contribution in [0.3, 0.4) is 0 Å². The highest BCUT2D eigenvalue weighted by molar-refractivity contribution is 5.85. The highest BCUT2D eigenvalue weighted by atomic mass is 16.4. The van der Waals surface area contributed by atoms with Crippen molar-refractivity contribution in [1.82, 2.24) is 14.3 Å². The summed E-state index contributed by atoms with van der Waals surface area (Å²) in [6.45, 7) is 5.20. The molecule has 7 heteroatoms. The molecule has 0 spiro atoms. The molecule has 2 atom stereocenters. The van der Waals surface area contributed by atoms with E-state index < -0.39 is 6.10 Å². The molecule has 0 amide bonds. The van der Waals surface area contributed by atoms with Gasteiger partial charge in [0.25, 0.3) is 0 Å². The minimum Gasteiger partial charge on any atom is -0.422 e. The molecular weight excluding hydrogens is 392 g/mol. The highest BCUT2D eigenvalue weighted by Gasteiger charge is 2.33. The van der Waals surface area contributed by atoms with Crippen LogP contribution < -0.4 is 10.5 Å². The summed E-state index contributed by atoms with van der Waals surface area (Å²) in [4.78, 5) is 21.5. The van der Waals surface area contributed by atoms with E-state index in [1.54, 1.807) is 0 Å². The number of rotatable bonds is 3. The molecule has 1 N–H and O–H groups in total. The Hall–Kier alpha value is -3.16. The molecule has 4 heterocycles. The van der Waals surface area contributed by atoms with Gasteiger partial charge in [-0.3, -0.25) is 4.98 Å². The summed E-state index contributed by atoms with van der Waals surface area (Å²) in [6.07, 6.45) is 3.48. The third-order valence-electron chi connectivity index (χ3n) is 6.21. The zero-order chi connectivity index (χ0) is 21.9. The largest absolute Gasteiger partial charge is 0.422 e. The van der Waals surface area contributed by atoms with Gasteiger partial charge in [-0.05, 0) is 52.2 Å². The van der Waals surface area contributed by atoms with E-state index in [2.05, 4.69) is 9.88 Å². The van der Waals surface area contributed by atoms with Gasteiger partial charge in [0.2, 0.25) is 0 Å². The number of aliphatic hydroxyl groups is 1. The molecule has 0 aliphatic carbocycles. The number of anilines is 1. The lowest BCUT2D eigenvalue weighted by atomic mass is 10.1. The molecule has 1 saturated heterocycles. The molecule has 5 rings (SSSR count). The van der Waals surface area contributed by atoms with Crippen LogP contribution in [0.1, 0.15) is 11.4 Å². The number of likely N-dealkylation sites (N-methyl/N-ethyl adjacent to an activating group) is 1. The summed E-state index contributed by atoms with van der Waals surface area (Å²) in [5.41, 5.74) is 5.29. The molecule has 1 aliphatic heterocycles. The molecule has 4 aromatic rings. The van der Waals surface area contributed by atoms with Gasteiger partial charge in [-0.25, -0.2) is 4.79 Å². The summed E-state index contributed by atoms with van der Waals surface area (Å²) in [6, 6.07) is 9.82. The Kier molecular flexibility index (Phi) is 4.60. The number of nitrogens with zero attached hydrogens (tertiary/aromatic N) is 4. The first kappa shape index (κ1) is 19.8. The molecule has 3 aromatic heterocycles. The van der Waals surface area contributed by atoms with Gasteiger partial charge in [-0.15, -0.1) is 0 Å². The molecule has 1 fully saturated rings. The lowest BCUT2D eigenvalue weighted by Crippen LogP contribution is -2.37. The number of hydrogen-bond donors (Lipinski definition) is 1. The first-order chi connectivity index (χ1) is 14.8. The molecule has 0 unspecified atom stereocenters. The maximum absolute atomic E-state index is 12.8. The zero-order valence-corrected chi connectivity index (χ0v) is 18.2. The summed E-state index contributed by atoms with van der Waals surface area (Å²) in [7, 11) is 3.95. The molecule has 7 nitrogen and oxygen atoms in total. The van der Waals surface area contributed by atoms with Crippen LogP contribution in [-0.4, -0.2) is 58.7 Å². The molecule has 0 saturated carbocycles. The van der Waals surface area contributed by atoms with Crippen molar-refractivity contribution in [2.45, 2.75) is 26.0 Å². The number of β-amino-alcohol motifs (C(OH)–C–C–N with tert-alkyl or cyclic N) is 1. The Morgan fingerprint density at radius 1 is 1.13 bits per heavy atom. The standard InChI is InChI=1S/C24H26N4O3/c1-14-10-28-11-17(8-20(28)15(2)25-14)19-7-16-5-6-18(9-23(16)31-24(19)30)27-12-21(26(3)4)22(29)13-27/h5-11,21-22,29H,12-13H2,1-4H3/t21-,22-/m1/s1. The summed E-state index contributed by atoms with van der Waals surface area (Å²) in [5.74, 6) is 0. The Morgan fingerprint density at radius 2 is 1.94 bits per heavy atom. The predicted octanol–water partition coefficient (Wildman–Crippen LogP) is 2.84. The van der Waals surface area contributed by atoms with E-state index in [0.717, 1.165) is 40.1 Å². The molecule has 0 bridgehead atoms. The van der Waals surface area contributed by atoms with Crippen LogP contribution in [0.2, 0.25) is 0 Å². The van der Waals surface area contributed by atoms with Crippen molar-refractivity contribution in [3.05, 3.63) is 64.5 Å². The van der Waals surface area contributed by atoms with E-state index in [1.165, 1.54) is 0 Å². The van der Waals surface area contributed by atoms with Gasteiger partial charge in [-0.1, -0.05) is 0 Å². The van der Waals surface area contributed by atoms with Gasteiger partial charge in [0.1, 0.15) is 5.58 Å². The van der Waals surface area contributed by atoms with Crippen LogP contribution in [0.25, 0.3) is 27.6 Å². The Bertz CT molecular complexity index is 1350. The van der Waals surface area contributed by atoms with Crippen molar-refractivity contribution < 1.29 is 9.52 Å². The van der Waals surface area contributed by atoms with E-state index in [4.69, 9.17) is 4.42 Å². The smallest absolute Gasteiger partial charge is 0.344 e. The second-order valence-corrected chi connectivity index (χ2v) is 8.66. The number of aromatic nitrogens is 2. The van der Waals surface area contributed by atoms with E-state index in [0.29, 0.717) is 17.7 Å². The third-order valence-corrected chi connectivity index (χ3v) is 6.21. The number of aryl methyl sites for hydroxylation is 2. The fraction of sp³-hybridized carbons (Fsp3) is 0.333. The Morgan fingerprint density at radius 3 is 2.68 bits per heavy atom. The lowest BCUT2D eigenvalue weighted by molar-refractivity contribution is 0.114. The number of aliphatic hydroxyl groups excluding tert-OH is 1. The van der Waals surface area contributed by atoms with Crippen molar-refractivity contribution >= 4 is 22.2 Å². The van der Waals surface area contributed by atoms with Crippen LogP contribution in [0.15, 0.2) is 51.9 Å². The molecular formula is C24H26N4O3. The van der Waals surface area contributed by atoms with Gasteiger partial charge in [0.05, 0.1) is 34.6 Å². The fourth-order valence-electron chi connectivity index (χ4n) is 4.56. The van der Waals surface area contributed by atoms with Crippen LogP contribution in [0.5, 0.6) is 0 Å². The van der Waals surface area contributed by atoms with Crippen LogP contribution >= 0.6 is 0 Å². The second-order valence-electron chi connectivity index (χ2n) is 8.66. The Labute approximate surface area is 180 Å². The molecule has 1 aliphatic rings. The third kappa shape index (κ3) is 3.40. The normalized spacial score (nSPS) is 19.2. The molecule has 1 aromatic carbocycles. The van der Waals surface area contributed by atoms with Gasteiger partial charge < -0.3 is 23.7 Å². The zero-order valence-electron chi connectivity index (χ0n) is 18.2. The minimum absolute atomic E-state index is 0.0793. The summed E-state index contributed by atoms with van der Waals surface area (Å²) >= 11 is 0.